The molecule has 3 rings (SSSR count). The number of hydrogen-bond donors (Lipinski definition) is 2. The fourth-order valence-corrected chi connectivity index (χ4v) is 3.15. The Hall–Kier alpha value is -3.33. The van der Waals surface area contributed by atoms with Gasteiger partial charge >= 0.3 is 0 Å². The minimum atomic E-state index is -0.274. The highest BCUT2D eigenvalue weighted by molar-refractivity contribution is 7.99. The maximum Gasteiger partial charge on any atom is 0.277 e. The monoisotopic (exact) mass is 412 g/mol. The Labute approximate surface area is 172 Å². The van der Waals surface area contributed by atoms with E-state index in [-0.39, 0.29) is 17.6 Å². The summed E-state index contributed by atoms with van der Waals surface area (Å²) in [7, 11) is 1.50. The van der Waals surface area contributed by atoms with Crippen LogP contribution in [0, 0.1) is 6.92 Å². The molecule has 0 bridgehead atoms. The predicted molar refractivity (Wildman–Crippen MR) is 111 cm³/mol. The van der Waals surface area contributed by atoms with E-state index >= 15 is 0 Å². The molecule has 1 heterocycles. The van der Waals surface area contributed by atoms with Gasteiger partial charge in [-0.15, -0.1) is 10.2 Å². The second kappa shape index (κ2) is 9.24. The number of rotatable bonds is 7. The first-order valence-electron chi connectivity index (χ1n) is 8.74. The number of amides is 2. The third kappa shape index (κ3) is 5.35. The average Bonchev–Trinajstić information content (AvgIpc) is 3.15. The maximum atomic E-state index is 12.4. The Balaban J connectivity index is 1.63. The van der Waals surface area contributed by atoms with Crippen LogP contribution in [-0.4, -0.2) is 34.9 Å². The number of hydrogen-bond acceptors (Lipinski definition) is 7. The molecule has 0 spiro atoms. The van der Waals surface area contributed by atoms with Crippen molar-refractivity contribution in [3.05, 3.63) is 48.0 Å². The minimum Gasteiger partial charge on any atom is -0.495 e. The Bertz CT molecular complexity index is 1030. The van der Waals surface area contributed by atoms with Crippen molar-refractivity contribution in [1.29, 1.82) is 0 Å². The molecule has 150 valence electrons. The molecule has 8 nitrogen and oxygen atoms in total. The molecule has 0 saturated heterocycles. The van der Waals surface area contributed by atoms with E-state index in [1.807, 2.05) is 31.2 Å². The van der Waals surface area contributed by atoms with Crippen LogP contribution in [0.3, 0.4) is 0 Å². The molecule has 0 aliphatic carbocycles. The van der Waals surface area contributed by atoms with Gasteiger partial charge in [0.2, 0.25) is 17.7 Å². The van der Waals surface area contributed by atoms with Gasteiger partial charge in [0, 0.05) is 18.2 Å². The number of aromatic nitrogens is 2. The molecule has 0 aliphatic rings. The molecule has 0 radical (unpaired) electrons. The van der Waals surface area contributed by atoms with Crippen LogP contribution >= 0.6 is 11.8 Å². The van der Waals surface area contributed by atoms with E-state index < -0.39 is 0 Å². The van der Waals surface area contributed by atoms with E-state index in [9.17, 15) is 9.59 Å². The molecule has 0 aliphatic heterocycles. The van der Waals surface area contributed by atoms with Crippen LogP contribution in [0.5, 0.6) is 5.75 Å². The first-order chi connectivity index (χ1) is 14.0. The smallest absolute Gasteiger partial charge is 0.277 e. The summed E-state index contributed by atoms with van der Waals surface area (Å²) < 4.78 is 10.9. The van der Waals surface area contributed by atoms with Crippen LogP contribution in [0.15, 0.2) is 52.1 Å². The normalized spacial score (nSPS) is 10.4. The van der Waals surface area contributed by atoms with Gasteiger partial charge in [-0.25, -0.2) is 0 Å². The summed E-state index contributed by atoms with van der Waals surface area (Å²) in [6, 6.07) is 12.7. The van der Waals surface area contributed by atoms with Gasteiger partial charge in [-0.2, -0.15) is 0 Å². The third-order valence-corrected chi connectivity index (χ3v) is 4.72. The molecule has 9 heteroatoms. The number of carbonyl (C=O) groups excluding carboxylic acids is 2. The largest absolute Gasteiger partial charge is 0.495 e. The van der Waals surface area contributed by atoms with E-state index in [4.69, 9.17) is 9.15 Å². The number of carbonyl (C=O) groups is 2. The zero-order chi connectivity index (χ0) is 20.8. The first-order valence-corrected chi connectivity index (χ1v) is 9.72. The summed E-state index contributed by atoms with van der Waals surface area (Å²) >= 11 is 1.13. The number of ether oxygens (including phenoxy) is 1. The average molecular weight is 412 g/mol. The molecule has 0 atom stereocenters. The van der Waals surface area contributed by atoms with Crippen molar-refractivity contribution in [2.24, 2.45) is 0 Å². The number of aryl methyl sites for hydroxylation is 1. The summed E-state index contributed by atoms with van der Waals surface area (Å²) in [6.07, 6.45) is 0. The number of nitrogens with one attached hydrogen (secondary N) is 2. The number of anilines is 2. The van der Waals surface area contributed by atoms with Crippen molar-refractivity contribution in [2.45, 2.75) is 19.1 Å². The standard InChI is InChI=1S/C20H20N4O4S/c1-12-6-4-5-7-15(12)19-23-24-20(28-19)29-11-18(26)22-16-10-14(21-13(2)25)8-9-17(16)27-3/h4-10H,11H2,1-3H3,(H,21,25)(H,22,26). The van der Waals surface area contributed by atoms with Crippen molar-refractivity contribution < 1.29 is 18.7 Å². The number of benzene rings is 2. The lowest BCUT2D eigenvalue weighted by Crippen LogP contribution is -2.15. The second-order valence-electron chi connectivity index (χ2n) is 6.12. The minimum absolute atomic E-state index is 0.0723. The Kier molecular flexibility index (Phi) is 6.50. The van der Waals surface area contributed by atoms with Crippen LogP contribution in [0.25, 0.3) is 11.5 Å². The molecular formula is C20H20N4O4S. The number of nitrogens with zero attached hydrogens (tertiary/aromatic N) is 2. The molecule has 0 unspecified atom stereocenters. The van der Waals surface area contributed by atoms with Gasteiger partial charge < -0.3 is 19.8 Å². The van der Waals surface area contributed by atoms with E-state index in [1.54, 1.807) is 18.2 Å². The summed E-state index contributed by atoms with van der Waals surface area (Å²) in [5.74, 6) is 0.490. The second-order valence-corrected chi connectivity index (χ2v) is 7.05. The highest BCUT2D eigenvalue weighted by atomic mass is 32.2. The summed E-state index contributed by atoms with van der Waals surface area (Å²) in [4.78, 5) is 23.6. The lowest BCUT2D eigenvalue weighted by molar-refractivity contribution is -0.114. The van der Waals surface area contributed by atoms with Gasteiger partial charge in [0.05, 0.1) is 18.6 Å². The van der Waals surface area contributed by atoms with Crippen molar-refractivity contribution in [1.82, 2.24) is 10.2 Å². The van der Waals surface area contributed by atoms with Gasteiger partial charge in [-0.05, 0) is 36.8 Å². The van der Waals surface area contributed by atoms with Crippen molar-refractivity contribution in [3.8, 4) is 17.2 Å². The quantitative estimate of drug-likeness (QED) is 0.569. The maximum absolute atomic E-state index is 12.4. The zero-order valence-electron chi connectivity index (χ0n) is 16.2. The van der Waals surface area contributed by atoms with Crippen LogP contribution in [0.1, 0.15) is 12.5 Å². The SMILES string of the molecule is COc1ccc(NC(C)=O)cc1NC(=O)CSc1nnc(-c2ccccc2C)o1. The van der Waals surface area contributed by atoms with Crippen molar-refractivity contribution in [3.63, 3.8) is 0 Å². The molecule has 0 saturated carbocycles. The van der Waals surface area contributed by atoms with Crippen LogP contribution in [0.2, 0.25) is 0 Å². The molecule has 2 aromatic carbocycles. The predicted octanol–water partition coefficient (Wildman–Crippen LogP) is 3.74. The Morgan fingerprint density at radius 1 is 1.14 bits per heavy atom. The van der Waals surface area contributed by atoms with Crippen molar-refractivity contribution in [2.75, 3.05) is 23.5 Å². The number of thioether (sulfide) groups is 1. The molecule has 2 N–H and O–H groups in total. The molecule has 1 aromatic heterocycles. The third-order valence-electron chi connectivity index (χ3n) is 3.90. The molecule has 3 aromatic rings. The van der Waals surface area contributed by atoms with Crippen molar-refractivity contribution >= 4 is 35.0 Å². The fourth-order valence-electron chi connectivity index (χ4n) is 2.59. The Morgan fingerprint density at radius 3 is 2.66 bits per heavy atom. The van der Waals surface area contributed by atoms with Gasteiger partial charge in [0.25, 0.3) is 5.22 Å². The fraction of sp³-hybridized carbons (Fsp3) is 0.200. The van der Waals surface area contributed by atoms with Gasteiger partial charge in [0.15, 0.2) is 0 Å². The molecule has 29 heavy (non-hydrogen) atoms. The molecular weight excluding hydrogens is 392 g/mol. The van der Waals surface area contributed by atoms with E-state index in [0.717, 1.165) is 22.9 Å². The van der Waals surface area contributed by atoms with Crippen LogP contribution in [-0.2, 0) is 9.59 Å². The van der Waals surface area contributed by atoms with Gasteiger partial charge in [-0.1, -0.05) is 30.0 Å². The highest BCUT2D eigenvalue weighted by Gasteiger charge is 2.14. The van der Waals surface area contributed by atoms with E-state index in [0.29, 0.717) is 28.2 Å². The van der Waals surface area contributed by atoms with E-state index in [2.05, 4.69) is 20.8 Å². The molecule has 2 amide bonds. The first kappa shape index (κ1) is 20.4. The Morgan fingerprint density at radius 2 is 1.93 bits per heavy atom. The van der Waals surface area contributed by atoms with Crippen LogP contribution in [0.4, 0.5) is 11.4 Å². The van der Waals surface area contributed by atoms with Crippen LogP contribution < -0.4 is 15.4 Å². The summed E-state index contributed by atoms with van der Waals surface area (Å²) in [6.45, 7) is 3.37. The number of methoxy groups -OCH3 is 1. The summed E-state index contributed by atoms with van der Waals surface area (Å²) in [5, 5.41) is 13.8. The lowest BCUT2D eigenvalue weighted by atomic mass is 10.1. The van der Waals surface area contributed by atoms with Gasteiger partial charge in [0.1, 0.15) is 5.75 Å². The topological polar surface area (TPSA) is 106 Å². The van der Waals surface area contributed by atoms with E-state index in [1.165, 1.54) is 14.0 Å². The lowest BCUT2D eigenvalue weighted by Gasteiger charge is -2.12. The summed E-state index contributed by atoms with van der Waals surface area (Å²) in [5.41, 5.74) is 2.89. The highest BCUT2D eigenvalue weighted by Crippen LogP contribution is 2.29. The zero-order valence-corrected chi connectivity index (χ0v) is 17.0. The van der Waals surface area contributed by atoms with Gasteiger partial charge in [-0.3, -0.25) is 9.59 Å². The molecule has 0 fully saturated rings.